The summed E-state index contributed by atoms with van der Waals surface area (Å²) in [4.78, 5) is 18.0. The quantitative estimate of drug-likeness (QED) is 0.645. The van der Waals surface area contributed by atoms with E-state index in [9.17, 15) is 4.79 Å². The van der Waals surface area contributed by atoms with Crippen molar-refractivity contribution in [3.8, 4) is 0 Å². The average Bonchev–Trinajstić information content (AvgIpc) is 3.27. The lowest BCUT2D eigenvalue weighted by molar-refractivity contribution is -0.130. The minimum Gasteiger partial charge on any atom is -0.360 e. The van der Waals surface area contributed by atoms with Gasteiger partial charge in [0.2, 0.25) is 11.0 Å². The molecule has 1 N–H and O–H groups in total. The molecule has 26 heavy (non-hydrogen) atoms. The minimum atomic E-state index is 0.173. The molecule has 142 valence electrons. The van der Waals surface area contributed by atoms with Crippen LogP contribution in [0.2, 0.25) is 4.34 Å². The van der Waals surface area contributed by atoms with Gasteiger partial charge in [0.05, 0.1) is 10.1 Å². The number of aromatic nitrogens is 2. The fourth-order valence-corrected chi connectivity index (χ4v) is 5.41. The summed E-state index contributed by atoms with van der Waals surface area (Å²) >= 11 is 10.6. The maximum Gasteiger partial charge on any atom is 0.233 e. The van der Waals surface area contributed by atoms with Crippen LogP contribution in [0.15, 0.2) is 16.5 Å². The van der Waals surface area contributed by atoms with E-state index in [1.54, 1.807) is 11.3 Å². The van der Waals surface area contributed by atoms with E-state index < -0.39 is 0 Å². The molecule has 3 heterocycles. The van der Waals surface area contributed by atoms with Crippen molar-refractivity contribution in [2.24, 2.45) is 0 Å². The van der Waals surface area contributed by atoms with Crippen molar-refractivity contribution >= 4 is 57.1 Å². The summed E-state index contributed by atoms with van der Waals surface area (Å²) < 4.78 is 1.67. The highest BCUT2D eigenvalue weighted by molar-refractivity contribution is 8.01. The predicted octanol–water partition coefficient (Wildman–Crippen LogP) is 3.51. The zero-order valence-corrected chi connectivity index (χ0v) is 17.8. The van der Waals surface area contributed by atoms with Crippen molar-refractivity contribution in [1.29, 1.82) is 0 Å². The Morgan fingerprint density at radius 3 is 2.77 bits per heavy atom. The van der Waals surface area contributed by atoms with Gasteiger partial charge in [-0.2, -0.15) is 0 Å². The Balaban J connectivity index is 1.38. The Morgan fingerprint density at radius 2 is 2.08 bits per heavy atom. The van der Waals surface area contributed by atoms with Gasteiger partial charge in [-0.1, -0.05) is 41.6 Å². The van der Waals surface area contributed by atoms with Gasteiger partial charge in [0.25, 0.3) is 0 Å². The van der Waals surface area contributed by atoms with E-state index in [2.05, 4.69) is 33.4 Å². The third kappa shape index (κ3) is 5.82. The third-order valence-electron chi connectivity index (χ3n) is 3.99. The van der Waals surface area contributed by atoms with Gasteiger partial charge < -0.3 is 10.2 Å². The second-order valence-electron chi connectivity index (χ2n) is 5.95. The molecule has 0 saturated carbocycles. The molecule has 1 amide bonds. The molecule has 1 aliphatic rings. The van der Waals surface area contributed by atoms with Crippen LogP contribution in [-0.2, 0) is 11.3 Å². The van der Waals surface area contributed by atoms with E-state index >= 15 is 0 Å². The molecule has 2 aromatic heterocycles. The molecule has 1 fully saturated rings. The number of carbonyl (C=O) groups is 1. The molecule has 0 radical (unpaired) electrons. The van der Waals surface area contributed by atoms with Crippen LogP contribution in [0.1, 0.15) is 18.2 Å². The van der Waals surface area contributed by atoms with Crippen molar-refractivity contribution in [1.82, 2.24) is 20.0 Å². The Kier molecular flexibility index (Phi) is 7.56. The van der Waals surface area contributed by atoms with Crippen LogP contribution in [0, 0.1) is 0 Å². The Hall–Kier alpha value is -0.870. The van der Waals surface area contributed by atoms with Gasteiger partial charge in [-0.3, -0.25) is 9.69 Å². The molecule has 3 rings (SSSR count). The fraction of sp³-hybridized carbons (Fsp3) is 0.562. The lowest BCUT2D eigenvalue weighted by atomic mass is 10.3. The molecular weight excluding hydrogens is 410 g/mol. The first-order chi connectivity index (χ1) is 12.6. The van der Waals surface area contributed by atoms with E-state index in [1.807, 2.05) is 11.0 Å². The van der Waals surface area contributed by atoms with E-state index in [0.717, 1.165) is 59.5 Å². The zero-order valence-electron chi connectivity index (χ0n) is 14.6. The number of halogens is 1. The summed E-state index contributed by atoms with van der Waals surface area (Å²) in [5.41, 5.74) is 0. The number of hydrogen-bond acceptors (Lipinski definition) is 8. The molecule has 0 aromatic carbocycles. The number of piperazine rings is 1. The van der Waals surface area contributed by atoms with Gasteiger partial charge in [0.15, 0.2) is 4.34 Å². The van der Waals surface area contributed by atoms with E-state index in [4.69, 9.17) is 11.6 Å². The monoisotopic (exact) mass is 431 g/mol. The standard InChI is InChI=1S/C16H22ClN5OS3/c1-2-5-18-15-19-20-16(26-15)24-11-14(23)22-8-6-21(7-9-22)10-12-3-4-13(17)25-12/h3-4H,2,5-11H2,1H3,(H,18,19). The number of amides is 1. The molecule has 0 atom stereocenters. The highest BCUT2D eigenvalue weighted by atomic mass is 35.5. The van der Waals surface area contributed by atoms with Crippen LogP contribution in [0.3, 0.4) is 0 Å². The molecular formula is C16H22ClN5OS3. The summed E-state index contributed by atoms with van der Waals surface area (Å²) in [7, 11) is 0. The number of carbonyl (C=O) groups excluding carboxylic acids is 1. The maximum absolute atomic E-state index is 12.4. The van der Waals surface area contributed by atoms with Crippen LogP contribution < -0.4 is 5.32 Å². The summed E-state index contributed by atoms with van der Waals surface area (Å²) in [5, 5.41) is 12.3. The fourth-order valence-electron chi connectivity index (χ4n) is 2.60. The van der Waals surface area contributed by atoms with Crippen molar-refractivity contribution in [2.75, 3.05) is 43.8 Å². The molecule has 2 aromatic rings. The number of anilines is 1. The minimum absolute atomic E-state index is 0.173. The summed E-state index contributed by atoms with van der Waals surface area (Å²) in [6.07, 6.45) is 1.05. The Morgan fingerprint density at radius 1 is 1.27 bits per heavy atom. The summed E-state index contributed by atoms with van der Waals surface area (Å²) in [6.45, 7) is 7.26. The maximum atomic E-state index is 12.4. The van der Waals surface area contributed by atoms with Crippen molar-refractivity contribution in [3.05, 3.63) is 21.3 Å². The second kappa shape index (κ2) is 9.89. The lowest BCUT2D eigenvalue weighted by Crippen LogP contribution is -2.48. The van der Waals surface area contributed by atoms with Gasteiger partial charge in [0, 0.05) is 44.1 Å². The van der Waals surface area contributed by atoms with Gasteiger partial charge in [-0.25, -0.2) is 0 Å². The first-order valence-electron chi connectivity index (χ1n) is 8.58. The van der Waals surface area contributed by atoms with Gasteiger partial charge in [-0.15, -0.1) is 21.5 Å². The molecule has 0 spiro atoms. The highest BCUT2D eigenvalue weighted by Crippen LogP contribution is 2.26. The largest absolute Gasteiger partial charge is 0.360 e. The smallest absolute Gasteiger partial charge is 0.233 e. The summed E-state index contributed by atoms with van der Waals surface area (Å²) in [5.74, 6) is 0.593. The van der Waals surface area contributed by atoms with Crippen LogP contribution in [0.5, 0.6) is 0 Å². The number of rotatable bonds is 8. The van der Waals surface area contributed by atoms with E-state index in [0.29, 0.717) is 5.75 Å². The highest BCUT2D eigenvalue weighted by Gasteiger charge is 2.22. The van der Waals surface area contributed by atoms with Crippen LogP contribution in [-0.4, -0.2) is 64.4 Å². The lowest BCUT2D eigenvalue weighted by Gasteiger charge is -2.34. The number of hydrogen-bond donors (Lipinski definition) is 1. The average molecular weight is 432 g/mol. The number of nitrogens with one attached hydrogen (secondary N) is 1. The van der Waals surface area contributed by atoms with E-state index in [-0.39, 0.29) is 5.91 Å². The van der Waals surface area contributed by atoms with Crippen molar-refractivity contribution < 1.29 is 4.79 Å². The van der Waals surface area contributed by atoms with Gasteiger partial charge in [-0.05, 0) is 18.6 Å². The molecule has 6 nitrogen and oxygen atoms in total. The second-order valence-corrected chi connectivity index (χ2v) is 9.95. The van der Waals surface area contributed by atoms with Gasteiger partial charge >= 0.3 is 0 Å². The zero-order chi connectivity index (χ0) is 18.4. The Bertz CT molecular complexity index is 714. The molecule has 10 heteroatoms. The van der Waals surface area contributed by atoms with Crippen LogP contribution in [0.4, 0.5) is 5.13 Å². The topological polar surface area (TPSA) is 61.4 Å². The van der Waals surface area contributed by atoms with Crippen LogP contribution in [0.25, 0.3) is 0 Å². The van der Waals surface area contributed by atoms with Crippen LogP contribution >= 0.6 is 46.0 Å². The molecule has 0 bridgehead atoms. The number of nitrogens with zero attached hydrogens (tertiary/aromatic N) is 4. The molecule has 0 unspecified atom stereocenters. The first kappa shape index (κ1) is 19.9. The molecule has 1 aliphatic heterocycles. The van der Waals surface area contributed by atoms with E-state index in [1.165, 1.54) is 28.0 Å². The predicted molar refractivity (Wildman–Crippen MR) is 111 cm³/mol. The normalized spacial score (nSPS) is 15.4. The van der Waals surface area contributed by atoms with Crippen molar-refractivity contribution in [3.63, 3.8) is 0 Å². The van der Waals surface area contributed by atoms with Gasteiger partial charge in [0.1, 0.15) is 0 Å². The number of thioether (sulfide) groups is 1. The third-order valence-corrected chi connectivity index (χ3v) is 7.20. The first-order valence-corrected chi connectivity index (χ1v) is 11.6. The molecule has 0 aliphatic carbocycles. The number of thiophene rings is 1. The Labute approximate surface area is 170 Å². The SMILES string of the molecule is CCCNc1nnc(SCC(=O)N2CCN(Cc3ccc(Cl)s3)CC2)s1. The van der Waals surface area contributed by atoms with Crippen molar-refractivity contribution in [2.45, 2.75) is 24.2 Å². The molecule has 1 saturated heterocycles. The summed E-state index contributed by atoms with van der Waals surface area (Å²) in [6, 6.07) is 4.02.